The van der Waals surface area contributed by atoms with Gasteiger partial charge in [0.1, 0.15) is 16.5 Å². The van der Waals surface area contributed by atoms with Crippen LogP contribution in [-0.2, 0) is 22.7 Å². The molecule has 0 aliphatic heterocycles. The van der Waals surface area contributed by atoms with Gasteiger partial charge in [0.25, 0.3) is 10.0 Å². The SMILES string of the molecule is COc1ccc(N(Cc2ccc(C(F)(F)F)cc2)S(=O)(=O)c2ccccc2F)cc1. The Bertz CT molecular complexity index is 1110. The maximum Gasteiger partial charge on any atom is 0.416 e. The second-order valence-electron chi connectivity index (χ2n) is 6.33. The van der Waals surface area contributed by atoms with Crippen molar-refractivity contribution in [3.63, 3.8) is 0 Å². The number of sulfonamides is 1. The van der Waals surface area contributed by atoms with Crippen molar-refractivity contribution in [3.8, 4) is 5.75 Å². The van der Waals surface area contributed by atoms with E-state index in [1.165, 1.54) is 55.6 Å². The topological polar surface area (TPSA) is 46.6 Å². The highest BCUT2D eigenvalue weighted by molar-refractivity contribution is 7.92. The second-order valence-corrected chi connectivity index (χ2v) is 8.17. The highest BCUT2D eigenvalue weighted by Gasteiger charge is 2.31. The molecule has 3 aromatic carbocycles. The van der Waals surface area contributed by atoms with Gasteiger partial charge in [0.05, 0.1) is 24.9 Å². The van der Waals surface area contributed by atoms with Crippen LogP contribution in [0.4, 0.5) is 23.2 Å². The van der Waals surface area contributed by atoms with Crippen molar-refractivity contribution in [1.29, 1.82) is 0 Å². The van der Waals surface area contributed by atoms with Crippen LogP contribution >= 0.6 is 0 Å². The summed E-state index contributed by atoms with van der Waals surface area (Å²) in [6.45, 7) is -0.291. The van der Waals surface area contributed by atoms with Crippen molar-refractivity contribution in [2.45, 2.75) is 17.6 Å². The summed E-state index contributed by atoms with van der Waals surface area (Å²) in [5.74, 6) is -0.444. The molecule has 0 aromatic heterocycles. The molecule has 4 nitrogen and oxygen atoms in total. The van der Waals surface area contributed by atoms with Gasteiger partial charge in [0.15, 0.2) is 0 Å². The molecular weight excluding hydrogens is 422 g/mol. The van der Waals surface area contributed by atoms with Crippen molar-refractivity contribution in [2.75, 3.05) is 11.4 Å². The van der Waals surface area contributed by atoms with E-state index in [4.69, 9.17) is 4.74 Å². The number of alkyl halides is 3. The lowest BCUT2D eigenvalue weighted by Crippen LogP contribution is -2.31. The summed E-state index contributed by atoms with van der Waals surface area (Å²) < 4.78 is 85.1. The lowest BCUT2D eigenvalue weighted by atomic mass is 10.1. The summed E-state index contributed by atoms with van der Waals surface area (Å²) in [6, 6.07) is 15.1. The summed E-state index contributed by atoms with van der Waals surface area (Å²) in [5.41, 5.74) is -0.336. The Balaban J connectivity index is 2.04. The highest BCUT2D eigenvalue weighted by atomic mass is 32.2. The van der Waals surface area contributed by atoms with E-state index in [-0.39, 0.29) is 12.2 Å². The predicted molar refractivity (Wildman–Crippen MR) is 104 cm³/mol. The van der Waals surface area contributed by atoms with E-state index in [1.807, 2.05) is 0 Å². The van der Waals surface area contributed by atoms with Gasteiger partial charge in [-0.1, -0.05) is 24.3 Å². The lowest BCUT2D eigenvalue weighted by Gasteiger charge is -2.25. The van der Waals surface area contributed by atoms with Gasteiger partial charge in [0.2, 0.25) is 0 Å². The number of hydrogen-bond donors (Lipinski definition) is 0. The first kappa shape index (κ1) is 21.6. The van der Waals surface area contributed by atoms with Gasteiger partial charge >= 0.3 is 6.18 Å². The zero-order valence-electron chi connectivity index (χ0n) is 15.7. The molecule has 158 valence electrons. The van der Waals surface area contributed by atoms with Crippen LogP contribution in [0.15, 0.2) is 77.7 Å². The van der Waals surface area contributed by atoms with Gasteiger partial charge in [0, 0.05) is 0 Å². The number of methoxy groups -OCH3 is 1. The van der Waals surface area contributed by atoms with E-state index in [1.54, 1.807) is 0 Å². The summed E-state index contributed by atoms with van der Waals surface area (Å²) in [6.07, 6.45) is -4.51. The van der Waals surface area contributed by atoms with Crippen LogP contribution in [0.5, 0.6) is 5.75 Å². The van der Waals surface area contributed by atoms with Gasteiger partial charge in [-0.2, -0.15) is 13.2 Å². The normalized spacial score (nSPS) is 11.9. The molecule has 0 aliphatic carbocycles. The van der Waals surface area contributed by atoms with Crippen LogP contribution in [0.2, 0.25) is 0 Å². The molecule has 0 fully saturated rings. The summed E-state index contributed by atoms with van der Waals surface area (Å²) in [7, 11) is -2.90. The van der Waals surface area contributed by atoms with Crippen molar-refractivity contribution < 1.29 is 30.7 Å². The van der Waals surface area contributed by atoms with Gasteiger partial charge < -0.3 is 4.74 Å². The molecule has 0 radical (unpaired) electrons. The van der Waals surface area contributed by atoms with Gasteiger partial charge in [-0.25, -0.2) is 12.8 Å². The first-order valence-corrected chi connectivity index (χ1v) is 10.1. The summed E-state index contributed by atoms with van der Waals surface area (Å²) >= 11 is 0. The molecular formula is C21H17F4NO3S. The zero-order chi connectivity index (χ0) is 21.9. The Morgan fingerprint density at radius 2 is 1.50 bits per heavy atom. The molecule has 0 unspecified atom stereocenters. The van der Waals surface area contributed by atoms with Crippen molar-refractivity contribution in [1.82, 2.24) is 0 Å². The van der Waals surface area contributed by atoms with Crippen LogP contribution in [0.25, 0.3) is 0 Å². The zero-order valence-corrected chi connectivity index (χ0v) is 16.5. The first-order valence-electron chi connectivity index (χ1n) is 8.70. The number of nitrogens with zero attached hydrogens (tertiary/aromatic N) is 1. The van der Waals surface area contributed by atoms with Gasteiger partial charge in [-0.05, 0) is 54.1 Å². The molecule has 0 heterocycles. The number of rotatable bonds is 6. The molecule has 3 aromatic rings. The highest BCUT2D eigenvalue weighted by Crippen LogP contribution is 2.31. The molecule has 0 atom stereocenters. The minimum atomic E-state index is -4.51. The van der Waals surface area contributed by atoms with E-state index in [9.17, 15) is 26.0 Å². The fourth-order valence-electron chi connectivity index (χ4n) is 2.80. The Hall–Kier alpha value is -3.07. The second kappa shape index (κ2) is 8.35. The third-order valence-corrected chi connectivity index (χ3v) is 6.18. The molecule has 0 saturated heterocycles. The van der Waals surface area contributed by atoms with Crippen LogP contribution < -0.4 is 9.04 Å². The minimum Gasteiger partial charge on any atom is -0.497 e. The number of hydrogen-bond acceptors (Lipinski definition) is 3. The number of halogens is 4. The maximum absolute atomic E-state index is 14.3. The van der Waals surface area contributed by atoms with Crippen LogP contribution in [0.1, 0.15) is 11.1 Å². The molecule has 0 saturated carbocycles. The van der Waals surface area contributed by atoms with Crippen LogP contribution in [0.3, 0.4) is 0 Å². The first-order chi connectivity index (χ1) is 14.1. The quantitative estimate of drug-likeness (QED) is 0.493. The molecule has 3 rings (SSSR count). The number of ether oxygens (including phenoxy) is 1. The van der Waals surface area contributed by atoms with E-state index >= 15 is 0 Å². The fourth-order valence-corrected chi connectivity index (χ4v) is 4.32. The Morgan fingerprint density at radius 3 is 2.03 bits per heavy atom. The molecule has 0 bridgehead atoms. The smallest absolute Gasteiger partial charge is 0.416 e. The van der Waals surface area contributed by atoms with E-state index in [0.717, 1.165) is 28.6 Å². The van der Waals surface area contributed by atoms with E-state index in [0.29, 0.717) is 11.3 Å². The van der Waals surface area contributed by atoms with E-state index in [2.05, 4.69) is 0 Å². The van der Waals surface area contributed by atoms with Gasteiger partial charge in [-0.3, -0.25) is 4.31 Å². The molecule has 30 heavy (non-hydrogen) atoms. The monoisotopic (exact) mass is 439 g/mol. The molecule has 0 spiro atoms. The van der Waals surface area contributed by atoms with Crippen molar-refractivity contribution >= 4 is 15.7 Å². The third-order valence-electron chi connectivity index (χ3n) is 4.37. The molecule has 0 aliphatic rings. The average Bonchev–Trinajstić information content (AvgIpc) is 2.72. The molecule has 9 heteroatoms. The number of anilines is 1. The Morgan fingerprint density at radius 1 is 0.900 bits per heavy atom. The van der Waals surface area contributed by atoms with Crippen LogP contribution in [0, 0.1) is 5.82 Å². The Labute approximate surface area is 171 Å². The van der Waals surface area contributed by atoms with Crippen molar-refractivity contribution in [2.24, 2.45) is 0 Å². The average molecular weight is 439 g/mol. The third kappa shape index (κ3) is 4.56. The largest absolute Gasteiger partial charge is 0.497 e. The van der Waals surface area contributed by atoms with Gasteiger partial charge in [-0.15, -0.1) is 0 Å². The lowest BCUT2D eigenvalue weighted by molar-refractivity contribution is -0.137. The van der Waals surface area contributed by atoms with Crippen LogP contribution in [-0.4, -0.2) is 15.5 Å². The Kier molecular flexibility index (Phi) is 6.02. The predicted octanol–water partition coefficient (Wildman–Crippen LogP) is 5.25. The van der Waals surface area contributed by atoms with Crippen molar-refractivity contribution in [3.05, 3.63) is 89.7 Å². The standard InChI is InChI=1S/C21H17F4NO3S/c1-29-18-12-10-17(11-13-18)26(30(27,28)20-5-3-2-4-19(20)22)14-15-6-8-16(9-7-15)21(23,24)25/h2-13H,14H2,1H3. The summed E-state index contributed by atoms with van der Waals surface area (Å²) in [5, 5.41) is 0. The number of benzene rings is 3. The van der Waals surface area contributed by atoms with E-state index < -0.39 is 32.5 Å². The minimum absolute atomic E-state index is 0.207. The maximum atomic E-state index is 14.3. The molecule has 0 amide bonds. The summed E-state index contributed by atoms with van der Waals surface area (Å²) in [4.78, 5) is -0.535. The fraction of sp³-hybridized carbons (Fsp3) is 0.143. The molecule has 0 N–H and O–H groups in total.